The molecule has 0 saturated heterocycles. The standard InChI is InChI=1S/C12H9FN4O/c1-7-3-2-4-9(10(7)13)12(18)16-11-8(5-14)6-15-17-11/h2-4,6H,1H3,(H2,15,16,17,18). The molecule has 1 aromatic heterocycles. The van der Waals surface area contributed by atoms with Gasteiger partial charge in [0.2, 0.25) is 0 Å². The van der Waals surface area contributed by atoms with Gasteiger partial charge in [-0.25, -0.2) is 4.39 Å². The van der Waals surface area contributed by atoms with Crippen molar-refractivity contribution in [3.63, 3.8) is 0 Å². The molecule has 18 heavy (non-hydrogen) atoms. The monoisotopic (exact) mass is 244 g/mol. The molecule has 0 radical (unpaired) electrons. The number of nitriles is 1. The largest absolute Gasteiger partial charge is 0.306 e. The molecule has 2 N–H and O–H groups in total. The van der Waals surface area contributed by atoms with Gasteiger partial charge in [0.15, 0.2) is 0 Å². The summed E-state index contributed by atoms with van der Waals surface area (Å²) < 4.78 is 13.7. The fraction of sp³-hybridized carbons (Fsp3) is 0.0833. The lowest BCUT2D eigenvalue weighted by atomic mass is 10.1. The Morgan fingerprint density at radius 3 is 3.06 bits per heavy atom. The number of benzene rings is 1. The minimum Gasteiger partial charge on any atom is -0.306 e. The smallest absolute Gasteiger partial charge is 0.259 e. The molecule has 2 aromatic rings. The minimum absolute atomic E-state index is 0.0755. The van der Waals surface area contributed by atoms with Crippen molar-refractivity contribution in [2.45, 2.75) is 6.92 Å². The number of H-pyrrole nitrogens is 1. The van der Waals surface area contributed by atoms with Gasteiger partial charge in [-0.1, -0.05) is 12.1 Å². The first-order valence-corrected chi connectivity index (χ1v) is 5.13. The van der Waals surface area contributed by atoms with E-state index in [1.54, 1.807) is 19.1 Å². The van der Waals surface area contributed by atoms with E-state index in [-0.39, 0.29) is 16.9 Å². The van der Waals surface area contributed by atoms with Gasteiger partial charge in [-0.3, -0.25) is 9.89 Å². The summed E-state index contributed by atoms with van der Waals surface area (Å²) in [6.45, 7) is 1.57. The molecule has 90 valence electrons. The van der Waals surface area contributed by atoms with Crippen LogP contribution in [0.25, 0.3) is 0 Å². The zero-order valence-corrected chi connectivity index (χ0v) is 9.49. The van der Waals surface area contributed by atoms with Crippen LogP contribution in [0.4, 0.5) is 10.2 Å². The van der Waals surface area contributed by atoms with Crippen molar-refractivity contribution in [3.05, 3.63) is 46.9 Å². The summed E-state index contributed by atoms with van der Waals surface area (Å²) in [6, 6.07) is 6.39. The molecule has 0 saturated carbocycles. The SMILES string of the molecule is Cc1cccc(C(=O)Nc2[nH]ncc2C#N)c1F. The van der Waals surface area contributed by atoms with E-state index in [9.17, 15) is 9.18 Å². The Morgan fingerprint density at radius 1 is 1.56 bits per heavy atom. The Morgan fingerprint density at radius 2 is 2.33 bits per heavy atom. The molecule has 1 heterocycles. The van der Waals surface area contributed by atoms with Crippen LogP contribution in [0.2, 0.25) is 0 Å². The van der Waals surface area contributed by atoms with Crippen molar-refractivity contribution in [2.75, 3.05) is 5.32 Å². The highest BCUT2D eigenvalue weighted by Gasteiger charge is 2.15. The van der Waals surface area contributed by atoms with Crippen LogP contribution in [0, 0.1) is 24.1 Å². The first-order valence-electron chi connectivity index (χ1n) is 5.13. The summed E-state index contributed by atoms with van der Waals surface area (Å²) in [7, 11) is 0. The Labute approximate surface area is 102 Å². The molecule has 0 fully saturated rings. The molecule has 0 unspecified atom stereocenters. The highest BCUT2D eigenvalue weighted by atomic mass is 19.1. The third-order valence-electron chi connectivity index (χ3n) is 2.43. The normalized spacial score (nSPS) is 9.83. The van der Waals surface area contributed by atoms with Crippen LogP contribution in [0.1, 0.15) is 21.5 Å². The highest BCUT2D eigenvalue weighted by molar-refractivity contribution is 6.04. The number of aromatic nitrogens is 2. The Hall–Kier alpha value is -2.68. The molecule has 0 aliphatic heterocycles. The lowest BCUT2D eigenvalue weighted by Crippen LogP contribution is -2.15. The predicted molar refractivity (Wildman–Crippen MR) is 62.4 cm³/mol. The molecule has 0 aliphatic carbocycles. The number of halogens is 1. The maximum Gasteiger partial charge on any atom is 0.259 e. The molecule has 0 spiro atoms. The maximum atomic E-state index is 13.7. The molecule has 1 aromatic carbocycles. The summed E-state index contributed by atoms with van der Waals surface area (Å²) in [5.41, 5.74) is 0.498. The lowest BCUT2D eigenvalue weighted by molar-refractivity contribution is 0.102. The van der Waals surface area contributed by atoms with Gasteiger partial charge < -0.3 is 5.32 Å². The Balaban J connectivity index is 2.29. The zero-order valence-electron chi connectivity index (χ0n) is 9.49. The summed E-state index contributed by atoms with van der Waals surface area (Å²) in [5, 5.41) is 17.2. The third kappa shape index (κ3) is 2.06. The topological polar surface area (TPSA) is 81.6 Å². The second kappa shape index (κ2) is 4.67. The van der Waals surface area contributed by atoms with Gasteiger partial charge in [-0.2, -0.15) is 10.4 Å². The minimum atomic E-state index is -0.628. The number of aromatic amines is 1. The van der Waals surface area contributed by atoms with E-state index in [0.29, 0.717) is 5.56 Å². The van der Waals surface area contributed by atoms with E-state index >= 15 is 0 Å². The van der Waals surface area contributed by atoms with Gasteiger partial charge in [0, 0.05) is 0 Å². The first kappa shape index (κ1) is 11.8. The van der Waals surface area contributed by atoms with Gasteiger partial charge in [0.25, 0.3) is 5.91 Å². The quantitative estimate of drug-likeness (QED) is 0.847. The number of carbonyl (C=O) groups is 1. The first-order chi connectivity index (χ1) is 8.63. The van der Waals surface area contributed by atoms with Crippen molar-refractivity contribution in [1.29, 1.82) is 5.26 Å². The highest BCUT2D eigenvalue weighted by Crippen LogP contribution is 2.15. The number of carbonyl (C=O) groups excluding carboxylic acids is 1. The number of nitrogens with one attached hydrogen (secondary N) is 2. The predicted octanol–water partition coefficient (Wildman–Crippen LogP) is 1.98. The number of nitrogens with zero attached hydrogens (tertiary/aromatic N) is 2. The molecule has 0 atom stereocenters. The lowest BCUT2D eigenvalue weighted by Gasteiger charge is -2.05. The second-order valence-electron chi connectivity index (χ2n) is 3.66. The fourth-order valence-electron chi connectivity index (χ4n) is 1.47. The molecule has 6 heteroatoms. The summed E-state index contributed by atoms with van der Waals surface area (Å²) in [5.74, 6) is -1.05. The van der Waals surface area contributed by atoms with Gasteiger partial charge in [-0.05, 0) is 18.6 Å². The van der Waals surface area contributed by atoms with Crippen LogP contribution in [-0.4, -0.2) is 16.1 Å². The summed E-state index contributed by atoms with van der Waals surface area (Å²) >= 11 is 0. The fourth-order valence-corrected chi connectivity index (χ4v) is 1.47. The van der Waals surface area contributed by atoms with Gasteiger partial charge in [0.1, 0.15) is 23.3 Å². The number of rotatable bonds is 2. The van der Waals surface area contributed by atoms with E-state index < -0.39 is 11.7 Å². The van der Waals surface area contributed by atoms with Gasteiger partial charge in [-0.15, -0.1) is 0 Å². The van der Waals surface area contributed by atoms with Gasteiger partial charge >= 0.3 is 0 Å². The Bertz CT molecular complexity index is 642. The van der Waals surface area contributed by atoms with Crippen molar-refractivity contribution in [3.8, 4) is 6.07 Å². The van der Waals surface area contributed by atoms with E-state index in [0.717, 1.165) is 0 Å². The van der Waals surface area contributed by atoms with E-state index in [1.165, 1.54) is 12.3 Å². The zero-order chi connectivity index (χ0) is 13.1. The Kier molecular flexibility index (Phi) is 3.06. The third-order valence-corrected chi connectivity index (χ3v) is 2.43. The van der Waals surface area contributed by atoms with Crippen LogP contribution in [0.3, 0.4) is 0 Å². The summed E-state index contributed by atoms with van der Waals surface area (Å²) in [6.07, 6.45) is 1.28. The number of hydrogen-bond acceptors (Lipinski definition) is 3. The van der Waals surface area contributed by atoms with Crippen molar-refractivity contribution in [1.82, 2.24) is 10.2 Å². The molecule has 2 rings (SSSR count). The molecular formula is C12H9FN4O. The van der Waals surface area contributed by atoms with E-state index in [4.69, 9.17) is 5.26 Å². The van der Waals surface area contributed by atoms with Crippen LogP contribution < -0.4 is 5.32 Å². The van der Waals surface area contributed by atoms with E-state index in [1.807, 2.05) is 6.07 Å². The number of aryl methyl sites for hydroxylation is 1. The van der Waals surface area contributed by atoms with Crippen molar-refractivity contribution in [2.24, 2.45) is 0 Å². The van der Waals surface area contributed by atoms with Crippen molar-refractivity contribution >= 4 is 11.7 Å². The number of hydrogen-bond donors (Lipinski definition) is 2. The molecule has 5 nitrogen and oxygen atoms in total. The van der Waals surface area contributed by atoms with Crippen molar-refractivity contribution < 1.29 is 9.18 Å². The van der Waals surface area contributed by atoms with Crippen LogP contribution in [0.15, 0.2) is 24.4 Å². The number of anilines is 1. The molecular weight excluding hydrogens is 235 g/mol. The average Bonchev–Trinajstić information content (AvgIpc) is 2.79. The second-order valence-corrected chi connectivity index (χ2v) is 3.66. The molecule has 0 aliphatic rings. The van der Waals surface area contributed by atoms with E-state index in [2.05, 4.69) is 15.5 Å². The van der Waals surface area contributed by atoms with Crippen LogP contribution >= 0.6 is 0 Å². The van der Waals surface area contributed by atoms with Gasteiger partial charge in [0.05, 0.1) is 11.8 Å². The molecule has 1 amide bonds. The van der Waals surface area contributed by atoms with Crippen LogP contribution in [-0.2, 0) is 0 Å². The number of amides is 1. The van der Waals surface area contributed by atoms with Crippen LogP contribution in [0.5, 0.6) is 0 Å². The molecule has 0 bridgehead atoms. The maximum absolute atomic E-state index is 13.7. The average molecular weight is 244 g/mol. The summed E-state index contributed by atoms with van der Waals surface area (Å²) in [4.78, 5) is 11.8.